The molecule has 10 nitrogen and oxygen atoms in total. The number of nitro benzene ring substituents is 1. The van der Waals surface area contributed by atoms with Gasteiger partial charge < -0.3 is 19.1 Å². The lowest BCUT2D eigenvalue weighted by atomic mass is 10.1. The number of ether oxygens (including phenoxy) is 3. The fourth-order valence-electron chi connectivity index (χ4n) is 4.27. The van der Waals surface area contributed by atoms with Crippen molar-refractivity contribution in [3.63, 3.8) is 0 Å². The molecule has 0 saturated carbocycles. The molecule has 0 aliphatic rings. The highest BCUT2D eigenvalue weighted by Gasteiger charge is 2.24. The largest absolute Gasteiger partial charge is 0.494 e. The van der Waals surface area contributed by atoms with Gasteiger partial charge in [0, 0.05) is 24.2 Å². The minimum atomic E-state index is -0.744. The normalized spacial score (nSPS) is 11.0. The molecule has 0 bridgehead atoms. The number of nitro groups is 1. The monoisotopic (exact) mass is 604 g/mol. The van der Waals surface area contributed by atoms with Crippen LogP contribution in [0, 0.1) is 10.1 Å². The molecule has 3 aromatic carbocycles. The predicted octanol–water partition coefficient (Wildman–Crippen LogP) is 7.15. The van der Waals surface area contributed by atoms with E-state index in [1.807, 2.05) is 0 Å². The summed E-state index contributed by atoms with van der Waals surface area (Å²) in [7, 11) is 0. The van der Waals surface area contributed by atoms with E-state index in [-0.39, 0.29) is 24.3 Å². The summed E-state index contributed by atoms with van der Waals surface area (Å²) in [5, 5.41) is 11.0. The number of carbonyl (C=O) groups excluding carboxylic acids is 3. The molecule has 3 aromatic rings. The molecule has 0 unspecified atom stereocenters. The van der Waals surface area contributed by atoms with Gasteiger partial charge in [0.15, 0.2) is 0 Å². The average Bonchev–Trinajstić information content (AvgIpc) is 2.98. The lowest BCUT2D eigenvalue weighted by Crippen LogP contribution is -2.38. The van der Waals surface area contributed by atoms with Crippen molar-refractivity contribution in [3.05, 3.63) is 99.6 Å². The number of carbonyl (C=O) groups is 3. The first-order valence-corrected chi connectivity index (χ1v) is 14.7. The summed E-state index contributed by atoms with van der Waals surface area (Å²) in [5.41, 5.74) is 0.337. The molecule has 0 aliphatic heterocycles. The molecule has 44 heavy (non-hydrogen) atoms. The number of esters is 2. The third-order valence-electron chi connectivity index (χ3n) is 6.47. The Labute approximate surface area is 258 Å². The highest BCUT2D eigenvalue weighted by molar-refractivity contribution is 5.96. The van der Waals surface area contributed by atoms with E-state index in [1.54, 1.807) is 69.3 Å². The summed E-state index contributed by atoms with van der Waals surface area (Å²) in [5.74, 6) is -0.609. The second-order valence-electron chi connectivity index (χ2n) is 11.4. The topological polar surface area (TPSA) is 125 Å². The summed E-state index contributed by atoms with van der Waals surface area (Å²) in [6.07, 6.45) is 5.76. The van der Waals surface area contributed by atoms with Crippen molar-refractivity contribution in [1.29, 1.82) is 0 Å². The maximum Gasteiger partial charge on any atom is 0.343 e. The second-order valence-corrected chi connectivity index (χ2v) is 11.4. The van der Waals surface area contributed by atoms with Crippen LogP contribution in [0.15, 0.2) is 72.8 Å². The van der Waals surface area contributed by atoms with Crippen LogP contribution in [0.1, 0.15) is 86.1 Å². The van der Waals surface area contributed by atoms with Crippen molar-refractivity contribution >= 4 is 23.5 Å². The van der Waals surface area contributed by atoms with Crippen LogP contribution >= 0.6 is 0 Å². The first kappa shape index (κ1) is 33.8. The molecule has 10 heteroatoms. The van der Waals surface area contributed by atoms with Crippen molar-refractivity contribution < 1.29 is 33.5 Å². The summed E-state index contributed by atoms with van der Waals surface area (Å²) in [6, 6.07) is 18.5. The van der Waals surface area contributed by atoms with Gasteiger partial charge in [-0.2, -0.15) is 0 Å². The van der Waals surface area contributed by atoms with Crippen LogP contribution in [0.3, 0.4) is 0 Å². The summed E-state index contributed by atoms with van der Waals surface area (Å²) < 4.78 is 16.7. The minimum absolute atomic E-state index is 0.0450. The van der Waals surface area contributed by atoms with E-state index < -0.39 is 28.4 Å². The van der Waals surface area contributed by atoms with Gasteiger partial charge in [0.1, 0.15) is 23.6 Å². The summed E-state index contributed by atoms with van der Waals surface area (Å²) >= 11 is 0. The fraction of sp³-hybridized carbons (Fsp3) is 0.382. The maximum atomic E-state index is 13.3. The zero-order valence-corrected chi connectivity index (χ0v) is 25.7. The third kappa shape index (κ3) is 11.2. The van der Waals surface area contributed by atoms with Gasteiger partial charge in [-0.1, -0.05) is 44.7 Å². The average molecular weight is 605 g/mol. The molecule has 0 aromatic heterocycles. The van der Waals surface area contributed by atoms with Gasteiger partial charge in [0.2, 0.25) is 0 Å². The highest BCUT2D eigenvalue weighted by Crippen LogP contribution is 2.20. The van der Waals surface area contributed by atoms with Crippen molar-refractivity contribution in [2.45, 2.75) is 71.9 Å². The SMILES string of the molecule is CCCCCCCOc1ccc(C(=O)Oc2ccc(CN(CC(=O)OC(C)(C)C)C(=O)c3ccc([N+](=O)[O-])cc3)cc2)cc1. The molecule has 0 radical (unpaired) electrons. The standard InChI is InChI=1S/C34H40N2O8/c1-5-6-7-8-9-22-42-29-20-14-27(15-21-29)33(39)43-30-18-10-25(11-19-30)23-35(24-31(37)44-34(2,3)4)32(38)26-12-16-28(17-13-26)36(40)41/h10-21H,5-9,22-24H2,1-4H3. The molecule has 0 fully saturated rings. The molecule has 0 heterocycles. The van der Waals surface area contributed by atoms with E-state index in [2.05, 4.69) is 6.92 Å². The molecule has 0 spiro atoms. The summed E-state index contributed by atoms with van der Waals surface area (Å²) in [6.45, 7) is 7.71. The number of benzene rings is 3. The van der Waals surface area contributed by atoms with Crippen LogP contribution in [0.5, 0.6) is 11.5 Å². The first-order valence-electron chi connectivity index (χ1n) is 14.7. The quantitative estimate of drug-likeness (QED) is 0.0589. The van der Waals surface area contributed by atoms with Gasteiger partial charge in [0.05, 0.1) is 17.1 Å². The Bertz CT molecular complexity index is 1400. The minimum Gasteiger partial charge on any atom is -0.494 e. The van der Waals surface area contributed by atoms with Crippen LogP contribution in [0.4, 0.5) is 5.69 Å². The Morgan fingerprint density at radius 3 is 1.98 bits per heavy atom. The molecule has 0 saturated heterocycles. The molecule has 3 rings (SSSR count). The van der Waals surface area contributed by atoms with Gasteiger partial charge in [0.25, 0.3) is 11.6 Å². The van der Waals surface area contributed by atoms with Gasteiger partial charge in [-0.25, -0.2) is 4.79 Å². The van der Waals surface area contributed by atoms with E-state index in [0.29, 0.717) is 29.2 Å². The Morgan fingerprint density at radius 1 is 0.795 bits per heavy atom. The second kappa shape index (κ2) is 16.2. The fourth-order valence-corrected chi connectivity index (χ4v) is 4.27. The number of hydrogen-bond acceptors (Lipinski definition) is 8. The van der Waals surface area contributed by atoms with Crippen LogP contribution in [0.2, 0.25) is 0 Å². The van der Waals surface area contributed by atoms with E-state index in [0.717, 1.165) is 12.8 Å². The molecular formula is C34H40N2O8. The third-order valence-corrected chi connectivity index (χ3v) is 6.47. The molecule has 0 N–H and O–H groups in total. The highest BCUT2D eigenvalue weighted by atomic mass is 16.6. The molecule has 234 valence electrons. The number of non-ortho nitro benzene ring substituents is 1. The Morgan fingerprint density at radius 2 is 1.39 bits per heavy atom. The Balaban J connectivity index is 1.62. The smallest absolute Gasteiger partial charge is 0.343 e. The van der Waals surface area contributed by atoms with E-state index in [9.17, 15) is 24.5 Å². The number of rotatable bonds is 15. The van der Waals surface area contributed by atoms with Crippen LogP contribution in [-0.4, -0.2) is 46.4 Å². The number of hydrogen-bond donors (Lipinski definition) is 0. The van der Waals surface area contributed by atoms with Gasteiger partial charge in [-0.3, -0.25) is 19.7 Å². The van der Waals surface area contributed by atoms with E-state index in [4.69, 9.17) is 14.2 Å². The lowest BCUT2D eigenvalue weighted by molar-refractivity contribution is -0.384. The predicted molar refractivity (Wildman–Crippen MR) is 166 cm³/mol. The van der Waals surface area contributed by atoms with E-state index in [1.165, 1.54) is 48.4 Å². The van der Waals surface area contributed by atoms with Crippen molar-refractivity contribution in [1.82, 2.24) is 4.90 Å². The van der Waals surface area contributed by atoms with Gasteiger partial charge in [-0.15, -0.1) is 0 Å². The van der Waals surface area contributed by atoms with Crippen molar-refractivity contribution in [2.24, 2.45) is 0 Å². The number of unbranched alkanes of at least 4 members (excludes halogenated alkanes) is 4. The first-order chi connectivity index (χ1) is 20.9. The Hall–Kier alpha value is -4.73. The van der Waals surface area contributed by atoms with Gasteiger partial charge in [-0.05, 0) is 81.3 Å². The molecule has 0 aliphatic carbocycles. The number of nitrogens with zero attached hydrogens (tertiary/aromatic N) is 2. The zero-order valence-electron chi connectivity index (χ0n) is 25.7. The molecule has 1 amide bonds. The molecular weight excluding hydrogens is 564 g/mol. The van der Waals surface area contributed by atoms with E-state index >= 15 is 0 Å². The van der Waals surface area contributed by atoms with Crippen LogP contribution in [0.25, 0.3) is 0 Å². The summed E-state index contributed by atoms with van der Waals surface area (Å²) in [4.78, 5) is 50.3. The van der Waals surface area contributed by atoms with Crippen molar-refractivity contribution in [2.75, 3.05) is 13.2 Å². The van der Waals surface area contributed by atoms with Crippen LogP contribution < -0.4 is 9.47 Å². The van der Waals surface area contributed by atoms with Gasteiger partial charge >= 0.3 is 11.9 Å². The zero-order chi connectivity index (χ0) is 32.1. The van der Waals surface area contributed by atoms with Crippen molar-refractivity contribution in [3.8, 4) is 11.5 Å². The Kier molecular flexibility index (Phi) is 12.4. The van der Waals surface area contributed by atoms with Crippen LogP contribution in [-0.2, 0) is 16.1 Å². The number of amides is 1. The maximum absolute atomic E-state index is 13.3. The lowest BCUT2D eigenvalue weighted by Gasteiger charge is -2.25. The molecule has 0 atom stereocenters.